The molecule has 1 unspecified atom stereocenters. The van der Waals surface area contributed by atoms with E-state index >= 15 is 0 Å². The smallest absolute Gasteiger partial charge is 0.337 e. The third-order valence-electron chi connectivity index (χ3n) is 3.19. The maximum atomic E-state index is 13.6. The van der Waals surface area contributed by atoms with Crippen molar-refractivity contribution in [1.82, 2.24) is 0 Å². The van der Waals surface area contributed by atoms with E-state index in [1.807, 2.05) is 0 Å². The molecule has 6 nitrogen and oxygen atoms in total. The molecule has 1 N–H and O–H groups in total. The third-order valence-corrected chi connectivity index (χ3v) is 7.73. The topological polar surface area (TPSA) is 106 Å². The summed E-state index contributed by atoms with van der Waals surface area (Å²) < 4.78 is 60.9. The van der Waals surface area contributed by atoms with E-state index < -0.39 is 57.9 Å². The quantitative estimate of drug-likeness (QED) is 0.870. The summed E-state index contributed by atoms with van der Waals surface area (Å²) in [6.07, 6.45) is -0.0999. The third kappa shape index (κ3) is 3.04. The van der Waals surface area contributed by atoms with E-state index in [-0.39, 0.29) is 12.2 Å². The van der Waals surface area contributed by atoms with Crippen molar-refractivity contribution in [3.63, 3.8) is 0 Å². The van der Waals surface area contributed by atoms with Crippen molar-refractivity contribution in [3.8, 4) is 0 Å². The van der Waals surface area contributed by atoms with Gasteiger partial charge < -0.3 is 5.11 Å². The summed E-state index contributed by atoms with van der Waals surface area (Å²) in [7, 11) is -7.59. The molecular weight excluding hydrogens is 347 g/mol. The number of carbonyl (C=O) groups is 1. The minimum absolute atomic E-state index is 0.0999. The van der Waals surface area contributed by atoms with E-state index in [4.69, 9.17) is 16.7 Å². The Hall–Kier alpha value is -1.19. The maximum absolute atomic E-state index is 13.6. The van der Waals surface area contributed by atoms with Crippen LogP contribution < -0.4 is 0 Å². The number of aromatic carboxylic acids is 1. The summed E-state index contributed by atoms with van der Waals surface area (Å²) in [5.74, 6) is -3.58. The molecule has 0 amide bonds. The molecule has 0 bridgehead atoms. The van der Waals surface area contributed by atoms with Crippen LogP contribution in [0.25, 0.3) is 0 Å². The largest absolute Gasteiger partial charge is 0.478 e. The molecule has 1 heterocycles. The van der Waals surface area contributed by atoms with Gasteiger partial charge in [0.15, 0.2) is 19.7 Å². The van der Waals surface area contributed by atoms with Gasteiger partial charge in [0, 0.05) is 0 Å². The number of rotatable bonds is 3. The van der Waals surface area contributed by atoms with Crippen LogP contribution in [-0.2, 0) is 19.7 Å². The van der Waals surface area contributed by atoms with Gasteiger partial charge >= 0.3 is 5.97 Å². The highest BCUT2D eigenvalue weighted by atomic mass is 35.5. The van der Waals surface area contributed by atoms with Crippen molar-refractivity contribution in [3.05, 3.63) is 28.5 Å². The molecule has 0 aliphatic carbocycles. The summed E-state index contributed by atoms with van der Waals surface area (Å²) in [6.45, 7) is 0. The first-order valence-corrected chi connectivity index (χ1v) is 9.46. The lowest BCUT2D eigenvalue weighted by molar-refractivity contribution is 0.0696. The maximum Gasteiger partial charge on any atom is 0.337 e. The first kappa shape index (κ1) is 16.2. The van der Waals surface area contributed by atoms with Crippen LogP contribution in [0.5, 0.6) is 0 Å². The van der Waals surface area contributed by atoms with Gasteiger partial charge in [-0.3, -0.25) is 0 Å². The summed E-state index contributed by atoms with van der Waals surface area (Å²) in [5.41, 5.74) is -0.684. The minimum Gasteiger partial charge on any atom is -0.478 e. The second kappa shape index (κ2) is 5.22. The average Bonchev–Trinajstić information content (AvgIpc) is 2.73. The fraction of sp³-hybridized carbons (Fsp3) is 0.364. The fourth-order valence-electron chi connectivity index (χ4n) is 2.08. The molecule has 1 atom stereocenters. The lowest BCUT2D eigenvalue weighted by Gasteiger charge is -2.11. The molecule has 0 aromatic heterocycles. The van der Waals surface area contributed by atoms with Crippen molar-refractivity contribution in [2.24, 2.45) is 0 Å². The summed E-state index contributed by atoms with van der Waals surface area (Å²) in [4.78, 5) is 10.4. The summed E-state index contributed by atoms with van der Waals surface area (Å²) in [5, 5.41) is 6.99. The first-order chi connectivity index (χ1) is 9.54. The van der Waals surface area contributed by atoms with Gasteiger partial charge in [0.25, 0.3) is 0 Å². The minimum atomic E-state index is -4.15. The highest BCUT2D eigenvalue weighted by Crippen LogP contribution is 2.30. The molecule has 21 heavy (non-hydrogen) atoms. The molecule has 116 valence electrons. The molecular formula is C11H10ClFO6S2. The Kier molecular flexibility index (Phi) is 4.02. The second-order valence-corrected chi connectivity index (χ2v) is 9.48. The van der Waals surface area contributed by atoms with Crippen molar-refractivity contribution < 1.29 is 31.1 Å². The Morgan fingerprint density at radius 2 is 2.00 bits per heavy atom. The van der Waals surface area contributed by atoms with Crippen LogP contribution in [0.4, 0.5) is 4.39 Å². The Bertz CT molecular complexity index is 815. The fourth-order valence-corrected chi connectivity index (χ4v) is 6.67. The molecule has 1 fully saturated rings. The van der Waals surface area contributed by atoms with E-state index in [0.717, 1.165) is 6.07 Å². The predicted octanol–water partition coefficient (Wildman–Crippen LogP) is 1.14. The van der Waals surface area contributed by atoms with E-state index in [0.29, 0.717) is 6.07 Å². The van der Waals surface area contributed by atoms with Crippen molar-refractivity contribution in [2.75, 3.05) is 11.5 Å². The molecule has 0 saturated carbocycles. The summed E-state index contributed by atoms with van der Waals surface area (Å²) >= 11 is 5.47. The highest BCUT2D eigenvalue weighted by Gasteiger charge is 2.38. The number of sulfone groups is 2. The van der Waals surface area contributed by atoms with Crippen molar-refractivity contribution >= 4 is 37.2 Å². The zero-order valence-corrected chi connectivity index (χ0v) is 12.8. The van der Waals surface area contributed by atoms with Crippen LogP contribution in [0.15, 0.2) is 17.0 Å². The van der Waals surface area contributed by atoms with Crippen LogP contribution in [0.3, 0.4) is 0 Å². The van der Waals surface area contributed by atoms with E-state index in [1.54, 1.807) is 0 Å². The van der Waals surface area contributed by atoms with E-state index in [2.05, 4.69) is 0 Å². The molecule has 2 rings (SSSR count). The highest BCUT2D eigenvalue weighted by molar-refractivity contribution is 7.96. The van der Waals surface area contributed by atoms with Crippen LogP contribution in [-0.4, -0.2) is 44.7 Å². The van der Waals surface area contributed by atoms with Gasteiger partial charge in [-0.2, -0.15) is 0 Å². The molecule has 1 aromatic rings. The second-order valence-electron chi connectivity index (χ2n) is 4.64. The lowest BCUT2D eigenvalue weighted by Crippen LogP contribution is -2.23. The average molecular weight is 357 g/mol. The number of carboxylic acids is 1. The Labute approximate surface area is 125 Å². The van der Waals surface area contributed by atoms with Crippen LogP contribution in [0, 0.1) is 5.82 Å². The Morgan fingerprint density at radius 1 is 1.38 bits per heavy atom. The lowest BCUT2D eigenvalue weighted by atomic mass is 10.2. The number of hydrogen-bond donors (Lipinski definition) is 1. The normalized spacial score (nSPS) is 21.3. The predicted molar refractivity (Wildman–Crippen MR) is 72.6 cm³/mol. The van der Waals surface area contributed by atoms with Crippen LogP contribution >= 0.6 is 11.6 Å². The molecule has 1 aromatic carbocycles. The standard InChI is InChI=1S/C11H10ClFO6S2/c12-10-8(11(14)15)3-7(4-9(10)13)21(18,19)6-1-2-20(16,17)5-6/h3-4,6H,1-2,5H2,(H,14,15). The van der Waals surface area contributed by atoms with E-state index in [9.17, 15) is 26.0 Å². The number of halogens is 2. The van der Waals surface area contributed by atoms with Crippen LogP contribution in [0.2, 0.25) is 5.02 Å². The molecule has 1 aliphatic rings. The summed E-state index contributed by atoms with van der Waals surface area (Å²) in [6, 6.07) is 1.35. The molecule has 1 saturated heterocycles. The Balaban J connectivity index is 2.54. The van der Waals surface area contributed by atoms with Gasteiger partial charge in [0.1, 0.15) is 5.82 Å². The molecule has 10 heteroatoms. The number of benzene rings is 1. The van der Waals surface area contributed by atoms with Gasteiger partial charge in [-0.1, -0.05) is 11.6 Å². The van der Waals surface area contributed by atoms with Crippen molar-refractivity contribution in [2.45, 2.75) is 16.6 Å². The van der Waals surface area contributed by atoms with Gasteiger partial charge in [-0.15, -0.1) is 0 Å². The zero-order chi connectivity index (χ0) is 16.0. The molecule has 0 spiro atoms. The first-order valence-electron chi connectivity index (χ1n) is 5.71. The van der Waals surface area contributed by atoms with Gasteiger partial charge in [-0.05, 0) is 18.6 Å². The molecule has 0 radical (unpaired) electrons. The number of hydrogen-bond acceptors (Lipinski definition) is 5. The van der Waals surface area contributed by atoms with Crippen LogP contribution in [0.1, 0.15) is 16.8 Å². The van der Waals surface area contributed by atoms with Gasteiger partial charge in [0.2, 0.25) is 0 Å². The van der Waals surface area contributed by atoms with Gasteiger partial charge in [0.05, 0.1) is 32.2 Å². The van der Waals surface area contributed by atoms with Gasteiger partial charge in [-0.25, -0.2) is 26.0 Å². The number of carboxylic acid groups (broad SMARTS) is 1. The van der Waals surface area contributed by atoms with Crippen molar-refractivity contribution in [1.29, 1.82) is 0 Å². The van der Waals surface area contributed by atoms with E-state index in [1.165, 1.54) is 0 Å². The monoisotopic (exact) mass is 356 g/mol. The Morgan fingerprint density at radius 3 is 2.48 bits per heavy atom. The zero-order valence-electron chi connectivity index (χ0n) is 10.4. The molecule has 1 aliphatic heterocycles. The SMILES string of the molecule is O=C(O)c1cc(S(=O)(=O)C2CCS(=O)(=O)C2)cc(F)c1Cl.